The summed E-state index contributed by atoms with van der Waals surface area (Å²) >= 11 is 0. The summed E-state index contributed by atoms with van der Waals surface area (Å²) in [4.78, 5) is 25.3. The predicted molar refractivity (Wildman–Crippen MR) is 106 cm³/mol. The van der Waals surface area contributed by atoms with Gasteiger partial charge in [-0.1, -0.05) is 6.58 Å². The molecule has 1 aromatic carbocycles. The van der Waals surface area contributed by atoms with Crippen LogP contribution in [0.4, 0.5) is 10.5 Å². The molecule has 0 radical (unpaired) electrons. The van der Waals surface area contributed by atoms with Crippen molar-refractivity contribution in [2.75, 3.05) is 31.1 Å². The molecule has 3 heterocycles. The number of rotatable bonds is 3. The van der Waals surface area contributed by atoms with Crippen molar-refractivity contribution in [1.82, 2.24) is 14.9 Å². The molecule has 0 bridgehead atoms. The van der Waals surface area contributed by atoms with Gasteiger partial charge in [0.15, 0.2) is 0 Å². The second-order valence-corrected chi connectivity index (χ2v) is 7.49. The molecule has 4 rings (SSSR count). The third-order valence-electron chi connectivity index (χ3n) is 5.52. The summed E-state index contributed by atoms with van der Waals surface area (Å²) in [6.45, 7) is 8.92. The Morgan fingerprint density at radius 3 is 2.59 bits per heavy atom. The number of amides is 1. The monoisotopic (exact) mass is 366 g/mol. The maximum atomic E-state index is 12.0. The van der Waals surface area contributed by atoms with E-state index < -0.39 is 0 Å². The first-order chi connectivity index (χ1) is 13.1. The molecule has 0 atom stereocenters. The molecule has 2 saturated heterocycles. The number of aromatic nitrogens is 2. The molecule has 27 heavy (non-hydrogen) atoms. The molecule has 2 aliphatic heterocycles. The highest BCUT2D eigenvalue weighted by atomic mass is 16.6. The zero-order chi connectivity index (χ0) is 18.8. The van der Waals surface area contributed by atoms with E-state index in [2.05, 4.69) is 39.6 Å². The number of benzene rings is 1. The largest absolute Gasteiger partial charge is 0.416 e. The van der Waals surface area contributed by atoms with Gasteiger partial charge in [-0.3, -0.25) is 0 Å². The van der Waals surface area contributed by atoms with Crippen molar-refractivity contribution in [2.45, 2.75) is 38.5 Å². The summed E-state index contributed by atoms with van der Waals surface area (Å²) in [5.41, 5.74) is 3.36. The zero-order valence-electron chi connectivity index (χ0n) is 15.9. The number of carbonyl (C=O) groups is 1. The topological polar surface area (TPSA) is 58.6 Å². The van der Waals surface area contributed by atoms with Crippen LogP contribution in [0.25, 0.3) is 10.9 Å². The van der Waals surface area contributed by atoms with E-state index in [0.717, 1.165) is 42.5 Å². The molecule has 1 amide bonds. The molecule has 0 spiro atoms. The van der Waals surface area contributed by atoms with Gasteiger partial charge in [-0.2, -0.15) is 0 Å². The minimum absolute atomic E-state index is 0.302. The van der Waals surface area contributed by atoms with Crippen LogP contribution in [0.3, 0.4) is 0 Å². The van der Waals surface area contributed by atoms with Gasteiger partial charge in [0.2, 0.25) is 0 Å². The maximum absolute atomic E-state index is 12.0. The number of allylic oxidation sites excluding steroid dienone is 1. The first-order valence-electron chi connectivity index (χ1n) is 9.73. The molecule has 2 aromatic rings. The number of hydrogen-bond acceptors (Lipinski definition) is 5. The van der Waals surface area contributed by atoms with E-state index in [1.165, 1.54) is 18.5 Å². The quantitative estimate of drug-likeness (QED) is 0.766. The van der Waals surface area contributed by atoms with E-state index in [-0.39, 0.29) is 6.09 Å². The molecular weight excluding hydrogens is 340 g/mol. The van der Waals surface area contributed by atoms with Crippen LogP contribution in [0.15, 0.2) is 36.9 Å². The highest BCUT2D eigenvalue weighted by Crippen LogP contribution is 2.33. The number of hydrogen-bond donors (Lipinski definition) is 0. The van der Waals surface area contributed by atoms with Gasteiger partial charge in [0.1, 0.15) is 6.33 Å². The third kappa shape index (κ3) is 3.75. The Morgan fingerprint density at radius 2 is 1.89 bits per heavy atom. The molecule has 1 aromatic heterocycles. The number of piperidine rings is 1. The lowest BCUT2D eigenvalue weighted by molar-refractivity contribution is 0.117. The molecule has 0 saturated carbocycles. The Labute approximate surface area is 159 Å². The first-order valence-corrected chi connectivity index (χ1v) is 9.73. The van der Waals surface area contributed by atoms with Crippen molar-refractivity contribution >= 4 is 22.7 Å². The zero-order valence-corrected chi connectivity index (χ0v) is 15.9. The van der Waals surface area contributed by atoms with E-state index in [1.54, 1.807) is 18.2 Å². The highest BCUT2D eigenvalue weighted by molar-refractivity contribution is 5.84. The molecular formula is C21H26N4O2. The average molecular weight is 366 g/mol. The van der Waals surface area contributed by atoms with Crippen molar-refractivity contribution in [2.24, 2.45) is 0 Å². The molecule has 0 unspecified atom stereocenters. The number of nitrogens with zero attached hydrogens (tertiary/aromatic N) is 4. The minimum Gasteiger partial charge on any atom is -0.416 e. The first kappa shape index (κ1) is 17.8. The van der Waals surface area contributed by atoms with Gasteiger partial charge in [-0.05, 0) is 50.8 Å². The van der Waals surface area contributed by atoms with Gasteiger partial charge in [-0.25, -0.2) is 14.8 Å². The minimum atomic E-state index is -0.302. The lowest BCUT2D eigenvalue weighted by Crippen LogP contribution is -2.38. The van der Waals surface area contributed by atoms with Crippen LogP contribution in [0.2, 0.25) is 0 Å². The number of likely N-dealkylation sites (tertiary alicyclic amines) is 1. The van der Waals surface area contributed by atoms with Crippen LogP contribution in [0.1, 0.15) is 44.2 Å². The van der Waals surface area contributed by atoms with Crippen LogP contribution >= 0.6 is 0 Å². The summed E-state index contributed by atoms with van der Waals surface area (Å²) in [7, 11) is 0. The van der Waals surface area contributed by atoms with Crippen molar-refractivity contribution < 1.29 is 9.53 Å². The number of anilines is 1. The van der Waals surface area contributed by atoms with Gasteiger partial charge in [0, 0.05) is 43.2 Å². The second-order valence-electron chi connectivity index (χ2n) is 7.49. The number of fused-ring (bicyclic) bond motifs is 1. The van der Waals surface area contributed by atoms with E-state index >= 15 is 0 Å². The molecule has 0 N–H and O–H groups in total. The number of carbonyl (C=O) groups excluding carboxylic acids is 1. The Morgan fingerprint density at radius 1 is 1.15 bits per heavy atom. The van der Waals surface area contributed by atoms with Crippen molar-refractivity contribution in [1.29, 1.82) is 0 Å². The van der Waals surface area contributed by atoms with Gasteiger partial charge in [0.05, 0.1) is 17.0 Å². The molecule has 6 nitrogen and oxygen atoms in total. The van der Waals surface area contributed by atoms with Gasteiger partial charge >= 0.3 is 6.09 Å². The summed E-state index contributed by atoms with van der Waals surface area (Å²) < 4.78 is 5.13. The van der Waals surface area contributed by atoms with Crippen LogP contribution in [0.5, 0.6) is 0 Å². The van der Waals surface area contributed by atoms with E-state index in [0.29, 0.717) is 24.8 Å². The summed E-state index contributed by atoms with van der Waals surface area (Å²) in [6, 6.07) is 6.55. The average Bonchev–Trinajstić information content (AvgIpc) is 3.21. The molecule has 0 aliphatic carbocycles. The summed E-state index contributed by atoms with van der Waals surface area (Å²) in [5.74, 6) is 0.764. The third-order valence-corrected chi connectivity index (χ3v) is 5.52. The van der Waals surface area contributed by atoms with Crippen LogP contribution in [-0.4, -0.2) is 47.1 Å². The highest BCUT2D eigenvalue weighted by Gasteiger charge is 2.27. The Kier molecular flexibility index (Phi) is 4.97. The fraction of sp³-hybridized carbons (Fsp3) is 0.476. The smallest absolute Gasteiger partial charge is 0.414 e. The fourth-order valence-corrected chi connectivity index (χ4v) is 4.11. The van der Waals surface area contributed by atoms with E-state index in [9.17, 15) is 4.79 Å². The summed E-state index contributed by atoms with van der Waals surface area (Å²) in [6.07, 6.45) is 5.66. The molecule has 2 aliphatic rings. The van der Waals surface area contributed by atoms with Crippen molar-refractivity contribution in [3.63, 3.8) is 0 Å². The fourth-order valence-electron chi connectivity index (χ4n) is 4.11. The normalized spacial score (nSPS) is 18.1. The van der Waals surface area contributed by atoms with Crippen LogP contribution < -0.4 is 4.90 Å². The number of ether oxygens (including phenoxy) is 1. The Balaban J connectivity index is 1.51. The van der Waals surface area contributed by atoms with Gasteiger partial charge < -0.3 is 14.5 Å². The molecule has 6 heteroatoms. The van der Waals surface area contributed by atoms with Gasteiger partial charge in [0.25, 0.3) is 0 Å². The summed E-state index contributed by atoms with van der Waals surface area (Å²) in [5, 5.41) is 1.13. The van der Waals surface area contributed by atoms with Crippen LogP contribution in [0, 0.1) is 0 Å². The lowest BCUT2D eigenvalue weighted by atomic mass is 9.91. The van der Waals surface area contributed by atoms with Crippen LogP contribution in [-0.2, 0) is 4.74 Å². The van der Waals surface area contributed by atoms with Crippen molar-refractivity contribution in [3.05, 3.63) is 42.6 Å². The second kappa shape index (κ2) is 7.55. The Hall–Kier alpha value is -2.63. The lowest BCUT2D eigenvalue weighted by Gasteiger charge is -2.31. The standard InChI is InChI=1S/C21H26N4O2/c1-15(2)27-21(26)25-11-7-16(8-12-25)20-18-6-5-17(24-9-3-4-10-24)13-19(18)22-14-23-20/h5-6,13-14,16H,1,3-4,7-12H2,2H3. The Bertz CT molecular complexity index is 852. The van der Waals surface area contributed by atoms with Crippen molar-refractivity contribution in [3.8, 4) is 0 Å². The predicted octanol–water partition coefficient (Wildman–Crippen LogP) is 4.08. The van der Waals surface area contributed by atoms with E-state index in [4.69, 9.17) is 4.74 Å². The SMILES string of the molecule is C=C(C)OC(=O)N1CCC(c2ncnc3cc(N4CCCC4)ccc23)CC1. The molecule has 2 fully saturated rings. The maximum Gasteiger partial charge on any atom is 0.414 e. The van der Waals surface area contributed by atoms with Gasteiger partial charge in [-0.15, -0.1) is 0 Å². The van der Waals surface area contributed by atoms with E-state index in [1.807, 2.05) is 0 Å². The molecule has 142 valence electrons.